The first-order chi connectivity index (χ1) is 21.7. The number of piperazine rings is 1. The van der Waals surface area contributed by atoms with Crippen LogP contribution >= 0.6 is 22.9 Å². The van der Waals surface area contributed by atoms with Crippen molar-refractivity contribution >= 4 is 52.2 Å². The number of hydrogen-bond acceptors (Lipinski definition) is 7. The zero-order valence-electron chi connectivity index (χ0n) is 26.5. The number of carbonyl (C=O) groups is 3. The fraction of sp³-hybridized carbons (Fsp3) is 0.606. The van der Waals surface area contributed by atoms with E-state index in [-0.39, 0.29) is 30.3 Å². The van der Waals surface area contributed by atoms with Gasteiger partial charge < -0.3 is 30.7 Å². The van der Waals surface area contributed by atoms with Crippen LogP contribution in [0.4, 0.5) is 16.2 Å². The van der Waals surface area contributed by atoms with Crippen LogP contribution in [0.15, 0.2) is 23.6 Å². The highest BCUT2D eigenvalue weighted by Gasteiger charge is 2.36. The molecule has 10 nitrogen and oxygen atoms in total. The van der Waals surface area contributed by atoms with E-state index in [0.717, 1.165) is 55.8 Å². The second kappa shape index (κ2) is 13.9. The van der Waals surface area contributed by atoms with Crippen LogP contribution in [0.1, 0.15) is 48.1 Å². The van der Waals surface area contributed by atoms with E-state index in [1.165, 1.54) is 17.7 Å². The number of thiophene rings is 1. The molecule has 4 aliphatic heterocycles. The van der Waals surface area contributed by atoms with Crippen molar-refractivity contribution in [1.29, 1.82) is 0 Å². The van der Waals surface area contributed by atoms with E-state index < -0.39 is 5.92 Å². The molecule has 244 valence electrons. The third-order valence-electron chi connectivity index (χ3n) is 10.3. The van der Waals surface area contributed by atoms with Gasteiger partial charge in [0.25, 0.3) is 0 Å². The van der Waals surface area contributed by atoms with E-state index in [2.05, 4.69) is 22.2 Å². The quantitative estimate of drug-likeness (QED) is 0.435. The Bertz CT molecular complexity index is 1370. The van der Waals surface area contributed by atoms with Crippen LogP contribution in [0.3, 0.4) is 0 Å². The first-order valence-corrected chi connectivity index (χ1v) is 17.6. The largest absolute Gasteiger partial charge is 0.397 e. The summed E-state index contributed by atoms with van der Waals surface area (Å²) in [7, 11) is 2.18. The van der Waals surface area contributed by atoms with Gasteiger partial charge in [0.2, 0.25) is 11.8 Å². The summed E-state index contributed by atoms with van der Waals surface area (Å²) < 4.78 is 0. The predicted molar refractivity (Wildman–Crippen MR) is 180 cm³/mol. The number of likely N-dealkylation sites (tertiary alicyclic amines) is 2. The third-order valence-corrected chi connectivity index (χ3v) is 11.5. The van der Waals surface area contributed by atoms with Crippen LogP contribution in [-0.4, -0.2) is 114 Å². The molecule has 4 aliphatic rings. The molecule has 6 rings (SSSR count). The number of urea groups is 1. The Morgan fingerprint density at radius 2 is 1.69 bits per heavy atom. The van der Waals surface area contributed by atoms with Gasteiger partial charge in [-0.2, -0.15) is 0 Å². The number of aryl methyl sites for hydroxylation is 1. The Balaban J connectivity index is 1.09. The zero-order chi connectivity index (χ0) is 31.7. The van der Waals surface area contributed by atoms with Crippen molar-refractivity contribution in [3.63, 3.8) is 0 Å². The molecule has 0 aliphatic carbocycles. The highest BCUT2D eigenvalue weighted by molar-refractivity contribution is 7.10. The number of nitrogens with two attached hydrogens (primary N) is 1. The molecule has 0 saturated carbocycles. The van der Waals surface area contributed by atoms with Gasteiger partial charge >= 0.3 is 6.03 Å². The van der Waals surface area contributed by atoms with E-state index in [1.807, 2.05) is 45.2 Å². The Morgan fingerprint density at radius 1 is 1.00 bits per heavy atom. The summed E-state index contributed by atoms with van der Waals surface area (Å²) in [5, 5.41) is 5.48. The first-order valence-electron chi connectivity index (χ1n) is 16.3. The van der Waals surface area contributed by atoms with Crippen LogP contribution in [0.25, 0.3) is 0 Å². The number of piperidine rings is 2. The molecule has 5 heterocycles. The van der Waals surface area contributed by atoms with Gasteiger partial charge in [0, 0.05) is 62.7 Å². The van der Waals surface area contributed by atoms with Crippen molar-refractivity contribution in [2.24, 2.45) is 5.92 Å². The number of carbonyl (C=O) groups excluding carboxylic acids is 3. The number of halogens is 1. The molecule has 0 spiro atoms. The molecular weight excluding hydrogens is 610 g/mol. The molecule has 1 aromatic carbocycles. The normalized spacial score (nSPS) is 21.5. The minimum absolute atomic E-state index is 0.00124. The Hall–Kier alpha value is -2.86. The summed E-state index contributed by atoms with van der Waals surface area (Å²) in [6.45, 7) is 9.05. The Morgan fingerprint density at radius 3 is 2.38 bits per heavy atom. The number of hydrogen-bond donors (Lipinski definition) is 2. The van der Waals surface area contributed by atoms with Gasteiger partial charge in [-0.15, -0.1) is 11.3 Å². The van der Waals surface area contributed by atoms with Crippen molar-refractivity contribution in [3.8, 4) is 0 Å². The van der Waals surface area contributed by atoms with Gasteiger partial charge in [0.15, 0.2) is 0 Å². The molecule has 0 bridgehead atoms. The zero-order valence-corrected chi connectivity index (χ0v) is 28.0. The lowest BCUT2D eigenvalue weighted by atomic mass is 9.92. The topological polar surface area (TPSA) is 105 Å². The van der Waals surface area contributed by atoms with Crippen molar-refractivity contribution in [1.82, 2.24) is 24.5 Å². The number of anilines is 2. The van der Waals surface area contributed by atoms with Gasteiger partial charge in [0.1, 0.15) is 0 Å². The molecule has 0 radical (unpaired) electrons. The smallest absolute Gasteiger partial charge is 0.322 e. The Kier molecular flexibility index (Phi) is 9.89. The fourth-order valence-corrected chi connectivity index (χ4v) is 8.57. The number of benzene rings is 1. The maximum absolute atomic E-state index is 14.1. The molecule has 3 N–H and O–H groups in total. The number of nitrogens with zero attached hydrogens (tertiary/aromatic N) is 5. The lowest BCUT2D eigenvalue weighted by Crippen LogP contribution is -2.55. The van der Waals surface area contributed by atoms with E-state index in [4.69, 9.17) is 17.3 Å². The molecule has 45 heavy (non-hydrogen) atoms. The lowest BCUT2D eigenvalue weighted by Gasteiger charge is -2.43. The number of nitrogen functional groups attached to an aromatic ring is 1. The molecule has 3 fully saturated rings. The second-order valence-corrected chi connectivity index (χ2v) is 14.6. The number of fused-ring (bicyclic) bond motifs is 1. The number of rotatable bonds is 7. The molecule has 1 aromatic heterocycles. The maximum atomic E-state index is 14.1. The van der Waals surface area contributed by atoms with Crippen LogP contribution in [0.5, 0.6) is 0 Å². The standard InChI is InChI=1S/C33H46ClN7O3S/c1-22-17-23(19-27(34)31(22)35)18-24(32(43)40-14-12-38(13-15-40)25-3-8-37(2)9-4-25)20-30(42)39-10-5-26(6-11-39)41-21-29-28(7-16-45-29)36-33(41)44/h7,16-17,19,24-26H,3-6,8-15,18,20-21,35H2,1-2H3,(H,36,44)/t24-/m0/s1. The predicted octanol–water partition coefficient (Wildman–Crippen LogP) is 4.12. The average molecular weight is 656 g/mol. The molecule has 4 amide bonds. The first kappa shape index (κ1) is 32.1. The minimum atomic E-state index is -0.477. The van der Waals surface area contributed by atoms with Gasteiger partial charge in [-0.1, -0.05) is 17.7 Å². The maximum Gasteiger partial charge on any atom is 0.322 e. The van der Waals surface area contributed by atoms with Crippen molar-refractivity contribution in [2.75, 3.05) is 70.5 Å². The minimum Gasteiger partial charge on any atom is -0.397 e. The number of amides is 4. The molecule has 1 atom stereocenters. The summed E-state index contributed by atoms with van der Waals surface area (Å²) in [6, 6.07) is 6.37. The fourth-order valence-electron chi connectivity index (χ4n) is 7.45. The van der Waals surface area contributed by atoms with E-state index in [1.54, 1.807) is 11.3 Å². The monoisotopic (exact) mass is 655 g/mol. The van der Waals surface area contributed by atoms with Crippen LogP contribution in [0.2, 0.25) is 5.02 Å². The van der Waals surface area contributed by atoms with Crippen LogP contribution in [-0.2, 0) is 22.6 Å². The lowest BCUT2D eigenvalue weighted by molar-refractivity contribution is -0.143. The van der Waals surface area contributed by atoms with Gasteiger partial charge in [-0.25, -0.2) is 4.79 Å². The highest BCUT2D eigenvalue weighted by atomic mass is 35.5. The third kappa shape index (κ3) is 7.26. The molecule has 12 heteroatoms. The average Bonchev–Trinajstić information content (AvgIpc) is 3.50. The highest BCUT2D eigenvalue weighted by Crippen LogP contribution is 2.32. The van der Waals surface area contributed by atoms with E-state index in [0.29, 0.717) is 55.9 Å². The molecule has 2 aromatic rings. The van der Waals surface area contributed by atoms with Crippen molar-refractivity contribution < 1.29 is 14.4 Å². The summed E-state index contributed by atoms with van der Waals surface area (Å²) in [4.78, 5) is 52.5. The summed E-state index contributed by atoms with van der Waals surface area (Å²) >= 11 is 8.09. The van der Waals surface area contributed by atoms with Crippen LogP contribution in [0, 0.1) is 12.8 Å². The summed E-state index contributed by atoms with van der Waals surface area (Å²) in [5.41, 5.74) is 9.36. The molecular formula is C33H46ClN7O3S. The summed E-state index contributed by atoms with van der Waals surface area (Å²) in [6.07, 6.45) is 4.39. The number of nitrogens with one attached hydrogen (secondary N) is 1. The van der Waals surface area contributed by atoms with Gasteiger partial charge in [-0.3, -0.25) is 14.5 Å². The van der Waals surface area contributed by atoms with Crippen molar-refractivity contribution in [3.05, 3.63) is 44.6 Å². The Labute approximate surface area is 275 Å². The summed E-state index contributed by atoms with van der Waals surface area (Å²) in [5.74, 6) is -0.434. The molecule has 0 unspecified atom stereocenters. The van der Waals surface area contributed by atoms with Crippen LogP contribution < -0.4 is 11.1 Å². The van der Waals surface area contributed by atoms with Gasteiger partial charge in [0.05, 0.1) is 28.9 Å². The van der Waals surface area contributed by atoms with Crippen molar-refractivity contribution in [2.45, 2.75) is 64.1 Å². The van der Waals surface area contributed by atoms with E-state index >= 15 is 0 Å². The second-order valence-electron chi connectivity index (χ2n) is 13.2. The van der Waals surface area contributed by atoms with Gasteiger partial charge in [-0.05, 0) is 87.8 Å². The van der Waals surface area contributed by atoms with E-state index in [9.17, 15) is 14.4 Å². The SMILES string of the molecule is Cc1cc(C[C@@H](CC(=O)N2CCC(N3Cc4sccc4NC3=O)CC2)C(=O)N2CCN(C3CCN(C)CC3)CC2)cc(Cl)c1N. The molecule has 3 saturated heterocycles.